The van der Waals surface area contributed by atoms with Gasteiger partial charge in [-0.15, -0.1) is 0 Å². The molecule has 0 spiro atoms. The normalized spacial score (nSPS) is 11.3. The third-order valence-corrected chi connectivity index (χ3v) is 4.57. The molecular formula is C11H14ClNO4S. The van der Waals surface area contributed by atoms with Gasteiger partial charge in [-0.05, 0) is 37.6 Å². The van der Waals surface area contributed by atoms with Gasteiger partial charge < -0.3 is 5.11 Å². The second-order valence-electron chi connectivity index (χ2n) is 3.73. The van der Waals surface area contributed by atoms with Crippen LogP contribution in [0.25, 0.3) is 0 Å². The summed E-state index contributed by atoms with van der Waals surface area (Å²) < 4.78 is 24.6. The molecule has 0 atom stereocenters. The quantitative estimate of drug-likeness (QED) is 0.899. The summed E-state index contributed by atoms with van der Waals surface area (Å²) in [6.45, 7) is 2.59. The minimum absolute atomic E-state index is 0.165. The van der Waals surface area contributed by atoms with Crippen molar-refractivity contribution in [3.05, 3.63) is 28.8 Å². The summed E-state index contributed by atoms with van der Waals surface area (Å²) in [5, 5.41) is 9.30. The van der Waals surface area contributed by atoms with Crippen molar-refractivity contribution in [2.24, 2.45) is 0 Å². The predicted octanol–water partition coefficient (Wildman–Crippen LogP) is 1.89. The van der Waals surface area contributed by atoms with Crippen LogP contribution in [0.3, 0.4) is 0 Å². The van der Waals surface area contributed by atoms with Gasteiger partial charge in [0.05, 0.1) is 11.4 Å². The Bertz CT molecular complexity index is 556. The number of aliphatic carboxylic acids is 1. The fraction of sp³-hybridized carbons (Fsp3) is 0.364. The van der Waals surface area contributed by atoms with Gasteiger partial charge in [-0.1, -0.05) is 11.6 Å². The Hall–Kier alpha value is -1.27. The van der Waals surface area contributed by atoms with Crippen LogP contribution in [0.15, 0.2) is 18.2 Å². The maximum absolute atomic E-state index is 11.9. The topological polar surface area (TPSA) is 74.7 Å². The lowest BCUT2D eigenvalue weighted by atomic mass is 10.2. The molecule has 0 aromatic heterocycles. The summed E-state index contributed by atoms with van der Waals surface area (Å²) >= 11 is 5.85. The van der Waals surface area contributed by atoms with E-state index in [2.05, 4.69) is 0 Å². The highest BCUT2D eigenvalue weighted by molar-refractivity contribution is 7.92. The minimum Gasteiger partial charge on any atom is -0.480 e. The minimum atomic E-state index is -3.63. The van der Waals surface area contributed by atoms with E-state index in [4.69, 9.17) is 16.7 Å². The van der Waals surface area contributed by atoms with E-state index in [0.29, 0.717) is 16.3 Å². The molecule has 7 heteroatoms. The van der Waals surface area contributed by atoms with Crippen LogP contribution in [0.4, 0.5) is 5.69 Å². The van der Waals surface area contributed by atoms with Gasteiger partial charge in [-0.2, -0.15) is 0 Å². The lowest BCUT2D eigenvalue weighted by Crippen LogP contribution is -2.36. The zero-order valence-electron chi connectivity index (χ0n) is 10.1. The molecule has 0 saturated heterocycles. The molecular weight excluding hydrogens is 278 g/mol. The smallest absolute Gasteiger partial charge is 0.324 e. The highest BCUT2D eigenvalue weighted by atomic mass is 35.5. The number of anilines is 1. The molecule has 0 heterocycles. The fourth-order valence-corrected chi connectivity index (χ4v) is 2.58. The van der Waals surface area contributed by atoms with Gasteiger partial charge in [-0.3, -0.25) is 9.10 Å². The van der Waals surface area contributed by atoms with Gasteiger partial charge in [0, 0.05) is 5.02 Å². The summed E-state index contributed by atoms with van der Waals surface area (Å²) in [7, 11) is -3.63. The Morgan fingerprint density at radius 2 is 2.06 bits per heavy atom. The van der Waals surface area contributed by atoms with Gasteiger partial charge in [0.25, 0.3) is 0 Å². The third-order valence-electron chi connectivity index (χ3n) is 2.41. The predicted molar refractivity (Wildman–Crippen MR) is 70.6 cm³/mol. The highest BCUT2D eigenvalue weighted by Crippen LogP contribution is 2.24. The average molecular weight is 292 g/mol. The summed E-state index contributed by atoms with van der Waals surface area (Å²) in [5.41, 5.74) is 0.997. The van der Waals surface area contributed by atoms with Crippen molar-refractivity contribution < 1.29 is 18.3 Å². The van der Waals surface area contributed by atoms with Gasteiger partial charge in [0.15, 0.2) is 0 Å². The lowest BCUT2D eigenvalue weighted by molar-refractivity contribution is -0.135. The van der Waals surface area contributed by atoms with E-state index in [1.54, 1.807) is 19.1 Å². The highest BCUT2D eigenvalue weighted by Gasteiger charge is 2.23. The molecule has 0 radical (unpaired) electrons. The maximum Gasteiger partial charge on any atom is 0.324 e. The summed E-state index contributed by atoms with van der Waals surface area (Å²) in [6, 6.07) is 4.59. The summed E-state index contributed by atoms with van der Waals surface area (Å²) in [4.78, 5) is 10.8. The van der Waals surface area contributed by atoms with E-state index >= 15 is 0 Å². The van der Waals surface area contributed by atoms with E-state index in [1.807, 2.05) is 0 Å². The van der Waals surface area contributed by atoms with Crippen molar-refractivity contribution in [3.63, 3.8) is 0 Å². The van der Waals surface area contributed by atoms with Crippen LogP contribution in [0, 0.1) is 6.92 Å². The fourth-order valence-electron chi connectivity index (χ4n) is 1.41. The molecule has 0 aliphatic rings. The number of carbonyl (C=O) groups is 1. The first-order valence-corrected chi connectivity index (χ1v) is 7.25. The molecule has 18 heavy (non-hydrogen) atoms. The first kappa shape index (κ1) is 14.8. The monoisotopic (exact) mass is 291 g/mol. The molecule has 1 aromatic rings. The van der Waals surface area contributed by atoms with Gasteiger partial charge in [-0.25, -0.2) is 8.42 Å². The van der Waals surface area contributed by atoms with Crippen LogP contribution < -0.4 is 4.31 Å². The second-order valence-corrected chi connectivity index (χ2v) is 6.32. The van der Waals surface area contributed by atoms with E-state index in [1.165, 1.54) is 13.0 Å². The first-order chi connectivity index (χ1) is 8.27. The van der Waals surface area contributed by atoms with Crippen molar-refractivity contribution in [3.8, 4) is 0 Å². The van der Waals surface area contributed by atoms with Crippen LogP contribution >= 0.6 is 11.6 Å². The lowest BCUT2D eigenvalue weighted by Gasteiger charge is -2.22. The molecule has 0 bridgehead atoms. The van der Waals surface area contributed by atoms with E-state index in [0.717, 1.165) is 4.31 Å². The third kappa shape index (κ3) is 3.36. The summed E-state index contributed by atoms with van der Waals surface area (Å²) in [5.74, 6) is -1.37. The van der Waals surface area contributed by atoms with Crippen LogP contribution in [0.1, 0.15) is 12.5 Å². The van der Waals surface area contributed by atoms with Gasteiger partial charge >= 0.3 is 5.97 Å². The number of rotatable bonds is 5. The molecule has 0 aliphatic carbocycles. The molecule has 100 valence electrons. The van der Waals surface area contributed by atoms with Crippen LogP contribution in [0.5, 0.6) is 0 Å². The van der Waals surface area contributed by atoms with Gasteiger partial charge in [0.2, 0.25) is 10.0 Å². The number of nitrogens with zero attached hydrogens (tertiary/aromatic N) is 1. The molecule has 0 fully saturated rings. The first-order valence-electron chi connectivity index (χ1n) is 5.26. The SMILES string of the molecule is CCS(=O)(=O)N(CC(=O)O)c1ccc(Cl)c(C)c1. The Morgan fingerprint density at radius 1 is 1.44 bits per heavy atom. The zero-order chi connectivity index (χ0) is 13.9. The molecule has 5 nitrogen and oxygen atoms in total. The molecule has 0 saturated carbocycles. The van der Waals surface area contributed by atoms with E-state index < -0.39 is 22.5 Å². The van der Waals surface area contributed by atoms with Crippen molar-refractivity contribution >= 4 is 33.3 Å². The Morgan fingerprint density at radius 3 is 2.50 bits per heavy atom. The number of carboxylic acid groups (broad SMARTS) is 1. The van der Waals surface area contributed by atoms with Crippen LogP contribution in [0.2, 0.25) is 5.02 Å². The Kier molecular flexibility index (Phi) is 4.59. The number of halogens is 1. The molecule has 1 aromatic carbocycles. The largest absolute Gasteiger partial charge is 0.480 e. The van der Waals surface area contributed by atoms with Crippen molar-refractivity contribution in [1.82, 2.24) is 0 Å². The van der Waals surface area contributed by atoms with Crippen molar-refractivity contribution in [2.45, 2.75) is 13.8 Å². The standard InChI is InChI=1S/C11H14ClNO4S/c1-3-18(16,17)13(7-11(14)15)9-4-5-10(12)8(2)6-9/h4-6H,3,7H2,1-2H3,(H,14,15). The number of carboxylic acids is 1. The summed E-state index contributed by atoms with van der Waals surface area (Å²) in [6.07, 6.45) is 0. The average Bonchev–Trinajstić information content (AvgIpc) is 2.29. The van der Waals surface area contributed by atoms with Crippen molar-refractivity contribution in [2.75, 3.05) is 16.6 Å². The van der Waals surface area contributed by atoms with Gasteiger partial charge in [0.1, 0.15) is 6.54 Å². The van der Waals surface area contributed by atoms with E-state index in [9.17, 15) is 13.2 Å². The van der Waals surface area contributed by atoms with Crippen LogP contribution in [-0.4, -0.2) is 31.8 Å². The molecule has 0 amide bonds. The second kappa shape index (κ2) is 5.58. The van der Waals surface area contributed by atoms with E-state index in [-0.39, 0.29) is 5.75 Å². The number of sulfonamides is 1. The molecule has 0 aliphatic heterocycles. The Labute approximate surface area is 111 Å². The molecule has 1 rings (SSSR count). The van der Waals surface area contributed by atoms with Crippen molar-refractivity contribution in [1.29, 1.82) is 0 Å². The Balaban J connectivity index is 3.26. The maximum atomic E-state index is 11.9. The number of hydrogen-bond acceptors (Lipinski definition) is 3. The zero-order valence-corrected chi connectivity index (χ0v) is 11.6. The number of aryl methyl sites for hydroxylation is 1. The number of benzene rings is 1. The van der Waals surface area contributed by atoms with Crippen LogP contribution in [-0.2, 0) is 14.8 Å². The number of hydrogen-bond donors (Lipinski definition) is 1. The molecule has 0 unspecified atom stereocenters. The molecule has 1 N–H and O–H groups in total.